The average molecular weight is 448 g/mol. The second-order valence-electron chi connectivity index (χ2n) is 7.67. The summed E-state index contributed by atoms with van der Waals surface area (Å²) in [4.78, 5) is 22.1. The van der Waals surface area contributed by atoms with Gasteiger partial charge in [-0.25, -0.2) is 0 Å². The Morgan fingerprint density at radius 1 is 0.875 bits per heavy atom. The fraction of sp³-hybridized carbons (Fsp3) is 0.231. The third kappa shape index (κ3) is 5.55. The van der Waals surface area contributed by atoms with Gasteiger partial charge in [0.1, 0.15) is 0 Å². The number of carbonyl (C=O) groups is 1. The molecule has 3 aromatic rings. The van der Waals surface area contributed by atoms with E-state index in [1.54, 1.807) is 6.07 Å². The molecule has 0 aromatic heterocycles. The summed E-state index contributed by atoms with van der Waals surface area (Å²) in [5.41, 5.74) is 3.27. The summed E-state index contributed by atoms with van der Waals surface area (Å²) in [6, 6.07) is 28.6. The van der Waals surface area contributed by atoms with Gasteiger partial charge < -0.3 is 9.74 Å². The van der Waals surface area contributed by atoms with Gasteiger partial charge in [-0.15, -0.1) is 0 Å². The summed E-state index contributed by atoms with van der Waals surface area (Å²) in [5, 5.41) is 4.48. The molecule has 0 spiro atoms. The molecule has 6 heteroatoms. The second kappa shape index (κ2) is 10.9. The lowest BCUT2D eigenvalue weighted by atomic mass is 9.96. The fourth-order valence-corrected chi connectivity index (χ4v) is 4.16. The van der Waals surface area contributed by atoms with Gasteiger partial charge in [0.2, 0.25) is 0 Å². The van der Waals surface area contributed by atoms with Crippen LogP contribution in [0.25, 0.3) is 0 Å². The van der Waals surface area contributed by atoms with Crippen molar-refractivity contribution in [2.75, 3.05) is 32.8 Å². The zero-order valence-corrected chi connectivity index (χ0v) is 18.6. The lowest BCUT2D eigenvalue weighted by molar-refractivity contribution is -0.138. The highest BCUT2D eigenvalue weighted by Gasteiger charge is 2.28. The standard InChI is InChI=1S/C26H26ClN3O2/c27-24-14-8-7-13-23(24)19-28-32-20-25(31)29-15-17-30(18-16-29)26(21-9-3-1-4-10-21)22-11-5-2-6-12-22/h1-14,19,26H,15-18,20H2/b28-19+. The Labute approximate surface area is 193 Å². The van der Waals surface area contributed by atoms with Crippen LogP contribution in [0.2, 0.25) is 5.02 Å². The number of benzene rings is 3. The first kappa shape index (κ1) is 22.1. The predicted molar refractivity (Wildman–Crippen MR) is 128 cm³/mol. The summed E-state index contributed by atoms with van der Waals surface area (Å²) in [5.74, 6) is -0.0584. The van der Waals surface area contributed by atoms with Gasteiger partial charge in [0.25, 0.3) is 5.91 Å². The van der Waals surface area contributed by atoms with E-state index in [9.17, 15) is 4.79 Å². The second-order valence-corrected chi connectivity index (χ2v) is 8.08. The molecule has 0 N–H and O–H groups in total. The first-order valence-corrected chi connectivity index (χ1v) is 11.1. The monoisotopic (exact) mass is 447 g/mol. The third-order valence-electron chi connectivity index (χ3n) is 5.62. The van der Waals surface area contributed by atoms with E-state index in [2.05, 4.69) is 58.6 Å². The van der Waals surface area contributed by atoms with Crippen LogP contribution in [0.5, 0.6) is 0 Å². The van der Waals surface area contributed by atoms with Crippen LogP contribution in [0, 0.1) is 0 Å². The first-order valence-electron chi connectivity index (χ1n) is 10.7. The van der Waals surface area contributed by atoms with Crippen molar-refractivity contribution in [3.63, 3.8) is 0 Å². The van der Waals surface area contributed by atoms with E-state index in [4.69, 9.17) is 16.4 Å². The largest absolute Gasteiger partial charge is 0.386 e. The highest BCUT2D eigenvalue weighted by Crippen LogP contribution is 2.29. The van der Waals surface area contributed by atoms with Gasteiger partial charge in [-0.1, -0.05) is 95.6 Å². The lowest BCUT2D eigenvalue weighted by Gasteiger charge is -2.39. The van der Waals surface area contributed by atoms with E-state index in [0.717, 1.165) is 18.7 Å². The summed E-state index contributed by atoms with van der Waals surface area (Å²) in [6.07, 6.45) is 1.53. The molecule has 1 fully saturated rings. The normalized spacial score (nSPS) is 14.8. The average Bonchev–Trinajstić information content (AvgIpc) is 2.85. The van der Waals surface area contributed by atoms with Gasteiger partial charge >= 0.3 is 0 Å². The van der Waals surface area contributed by atoms with E-state index in [1.165, 1.54) is 17.3 Å². The zero-order chi connectivity index (χ0) is 22.2. The molecular formula is C26H26ClN3O2. The molecule has 0 saturated carbocycles. The topological polar surface area (TPSA) is 45.1 Å². The Morgan fingerprint density at radius 3 is 2.03 bits per heavy atom. The molecule has 1 aliphatic rings. The smallest absolute Gasteiger partial charge is 0.263 e. The van der Waals surface area contributed by atoms with Gasteiger partial charge in [0.05, 0.1) is 12.3 Å². The maximum Gasteiger partial charge on any atom is 0.263 e. The van der Waals surface area contributed by atoms with Gasteiger partial charge in [-0.2, -0.15) is 0 Å². The van der Waals surface area contributed by atoms with Crippen LogP contribution in [0.3, 0.4) is 0 Å². The molecule has 1 amide bonds. The van der Waals surface area contributed by atoms with Crippen LogP contribution >= 0.6 is 11.6 Å². The first-order chi connectivity index (χ1) is 15.7. The maximum absolute atomic E-state index is 12.6. The van der Waals surface area contributed by atoms with Crippen molar-refractivity contribution in [2.45, 2.75) is 6.04 Å². The van der Waals surface area contributed by atoms with E-state index in [-0.39, 0.29) is 18.6 Å². The minimum Gasteiger partial charge on any atom is -0.386 e. The SMILES string of the molecule is O=C(CO/N=C/c1ccccc1Cl)N1CCN(C(c2ccccc2)c2ccccc2)CC1. The Kier molecular flexibility index (Phi) is 7.54. The molecule has 0 bridgehead atoms. The third-order valence-corrected chi connectivity index (χ3v) is 5.97. The number of hydrogen-bond acceptors (Lipinski definition) is 4. The number of amides is 1. The number of hydrogen-bond donors (Lipinski definition) is 0. The van der Waals surface area contributed by atoms with Crippen molar-refractivity contribution in [3.05, 3.63) is 107 Å². The molecule has 4 rings (SSSR count). The van der Waals surface area contributed by atoms with Crippen LogP contribution in [0.1, 0.15) is 22.7 Å². The van der Waals surface area contributed by atoms with Crippen molar-refractivity contribution in [2.24, 2.45) is 5.16 Å². The van der Waals surface area contributed by atoms with E-state index in [1.807, 2.05) is 35.2 Å². The summed E-state index contributed by atoms with van der Waals surface area (Å²) in [6.45, 7) is 2.83. The van der Waals surface area contributed by atoms with E-state index >= 15 is 0 Å². The number of carbonyl (C=O) groups excluding carboxylic acids is 1. The van der Waals surface area contributed by atoms with Gasteiger partial charge in [-0.05, 0) is 17.2 Å². The van der Waals surface area contributed by atoms with Crippen LogP contribution in [-0.2, 0) is 9.63 Å². The Bertz CT molecular complexity index is 996. The van der Waals surface area contributed by atoms with Crippen molar-refractivity contribution in [1.82, 2.24) is 9.80 Å². The number of halogens is 1. The Hall–Kier alpha value is -3.15. The number of piperazine rings is 1. The number of rotatable bonds is 7. The van der Waals surface area contributed by atoms with Crippen molar-refractivity contribution in [3.8, 4) is 0 Å². The molecule has 0 unspecified atom stereocenters. The number of oxime groups is 1. The van der Waals surface area contributed by atoms with Crippen LogP contribution in [0.15, 0.2) is 90.1 Å². The molecule has 164 valence electrons. The zero-order valence-electron chi connectivity index (χ0n) is 17.8. The van der Waals surface area contributed by atoms with Crippen LogP contribution in [-0.4, -0.2) is 54.7 Å². The molecule has 1 saturated heterocycles. The van der Waals surface area contributed by atoms with Crippen molar-refractivity contribution >= 4 is 23.7 Å². The van der Waals surface area contributed by atoms with E-state index in [0.29, 0.717) is 18.1 Å². The molecule has 1 aliphatic heterocycles. The molecule has 0 radical (unpaired) electrons. The maximum atomic E-state index is 12.6. The van der Waals surface area contributed by atoms with Crippen molar-refractivity contribution in [1.29, 1.82) is 0 Å². The van der Waals surface area contributed by atoms with Gasteiger partial charge in [0, 0.05) is 36.8 Å². The highest BCUT2D eigenvalue weighted by molar-refractivity contribution is 6.33. The number of nitrogens with zero attached hydrogens (tertiary/aromatic N) is 3. The van der Waals surface area contributed by atoms with Crippen LogP contribution in [0.4, 0.5) is 0 Å². The van der Waals surface area contributed by atoms with Crippen molar-refractivity contribution < 1.29 is 9.63 Å². The van der Waals surface area contributed by atoms with Crippen LogP contribution < -0.4 is 0 Å². The predicted octanol–water partition coefficient (Wildman–Crippen LogP) is 4.62. The Balaban J connectivity index is 1.33. The quantitative estimate of drug-likeness (QED) is 0.392. The minimum atomic E-state index is -0.0816. The van der Waals surface area contributed by atoms with Gasteiger partial charge in [0.15, 0.2) is 6.61 Å². The summed E-state index contributed by atoms with van der Waals surface area (Å²) >= 11 is 6.09. The Morgan fingerprint density at radius 2 is 1.44 bits per heavy atom. The molecule has 0 atom stereocenters. The molecule has 5 nitrogen and oxygen atoms in total. The van der Waals surface area contributed by atoms with E-state index < -0.39 is 0 Å². The lowest BCUT2D eigenvalue weighted by Crippen LogP contribution is -2.50. The summed E-state index contributed by atoms with van der Waals surface area (Å²) in [7, 11) is 0. The minimum absolute atomic E-state index is 0.0584. The van der Waals surface area contributed by atoms with Gasteiger partial charge in [-0.3, -0.25) is 9.69 Å². The highest BCUT2D eigenvalue weighted by atomic mass is 35.5. The fourth-order valence-electron chi connectivity index (χ4n) is 3.97. The molecule has 1 heterocycles. The molecular weight excluding hydrogens is 422 g/mol. The molecule has 3 aromatic carbocycles. The molecule has 32 heavy (non-hydrogen) atoms. The summed E-state index contributed by atoms with van der Waals surface area (Å²) < 4.78 is 0. The molecule has 0 aliphatic carbocycles.